The van der Waals surface area contributed by atoms with Gasteiger partial charge in [-0.3, -0.25) is 4.90 Å². The molecule has 1 rings (SSSR count). The molecule has 2 atom stereocenters. The third-order valence-corrected chi connectivity index (χ3v) is 3.40. The molecular weight excluding hydrogens is 208 g/mol. The Bertz CT molecular complexity index is 297. The Balaban J connectivity index is 2.79. The van der Waals surface area contributed by atoms with E-state index in [1.807, 2.05) is 6.07 Å². The number of hydrogen-bond acceptors (Lipinski definition) is 2. The summed E-state index contributed by atoms with van der Waals surface area (Å²) in [6.07, 6.45) is 2.29. The smallest absolute Gasteiger partial charge is 0.0452 e. The van der Waals surface area contributed by atoms with Gasteiger partial charge in [-0.2, -0.15) is 0 Å². The van der Waals surface area contributed by atoms with Crippen molar-refractivity contribution in [2.75, 3.05) is 13.1 Å². The zero-order valence-corrected chi connectivity index (χ0v) is 11.4. The van der Waals surface area contributed by atoms with E-state index >= 15 is 0 Å². The highest BCUT2D eigenvalue weighted by molar-refractivity contribution is 5.20. The molecule has 0 aliphatic rings. The molecule has 0 aliphatic carbocycles. The van der Waals surface area contributed by atoms with Crippen LogP contribution in [0.3, 0.4) is 0 Å². The van der Waals surface area contributed by atoms with Gasteiger partial charge in [0.1, 0.15) is 0 Å². The van der Waals surface area contributed by atoms with Crippen LogP contribution in [0.4, 0.5) is 0 Å². The lowest BCUT2D eigenvalue weighted by Crippen LogP contribution is -2.42. The summed E-state index contributed by atoms with van der Waals surface area (Å²) in [4.78, 5) is 2.50. The molecule has 2 nitrogen and oxygen atoms in total. The van der Waals surface area contributed by atoms with Gasteiger partial charge in [0.25, 0.3) is 0 Å². The molecule has 0 radical (unpaired) electrons. The zero-order valence-electron chi connectivity index (χ0n) is 11.4. The second kappa shape index (κ2) is 7.46. The van der Waals surface area contributed by atoms with E-state index in [1.54, 1.807) is 0 Å². The SMILES string of the molecule is CCCN(CC)C(CC)C(N)c1ccccc1. The third kappa shape index (κ3) is 3.83. The highest BCUT2D eigenvalue weighted by Crippen LogP contribution is 2.21. The predicted octanol–water partition coefficient (Wildman–Crippen LogP) is 3.20. The molecule has 0 bridgehead atoms. The molecule has 96 valence electrons. The summed E-state index contributed by atoms with van der Waals surface area (Å²) in [5.74, 6) is 0. The van der Waals surface area contributed by atoms with Gasteiger partial charge < -0.3 is 5.73 Å². The average molecular weight is 234 g/mol. The monoisotopic (exact) mass is 234 g/mol. The molecule has 0 heterocycles. The van der Waals surface area contributed by atoms with Gasteiger partial charge in [0.05, 0.1) is 0 Å². The van der Waals surface area contributed by atoms with Crippen molar-refractivity contribution in [2.45, 2.75) is 45.7 Å². The number of nitrogens with two attached hydrogens (primary N) is 1. The fraction of sp³-hybridized carbons (Fsp3) is 0.600. The molecule has 0 spiro atoms. The first kappa shape index (κ1) is 14.2. The minimum Gasteiger partial charge on any atom is -0.323 e. The molecule has 0 aromatic heterocycles. The van der Waals surface area contributed by atoms with E-state index in [1.165, 1.54) is 12.0 Å². The van der Waals surface area contributed by atoms with Gasteiger partial charge >= 0.3 is 0 Å². The Morgan fingerprint density at radius 1 is 1.12 bits per heavy atom. The lowest BCUT2D eigenvalue weighted by molar-refractivity contribution is 0.174. The topological polar surface area (TPSA) is 29.3 Å². The summed E-state index contributed by atoms with van der Waals surface area (Å²) >= 11 is 0. The van der Waals surface area contributed by atoms with Gasteiger partial charge in [0, 0.05) is 12.1 Å². The first-order valence-corrected chi connectivity index (χ1v) is 6.79. The van der Waals surface area contributed by atoms with E-state index in [2.05, 4.69) is 49.9 Å². The van der Waals surface area contributed by atoms with Gasteiger partial charge in [-0.1, -0.05) is 51.1 Å². The number of likely N-dealkylation sites (N-methyl/N-ethyl adjacent to an activating group) is 1. The van der Waals surface area contributed by atoms with Crippen LogP contribution in [-0.4, -0.2) is 24.0 Å². The van der Waals surface area contributed by atoms with Crippen LogP contribution < -0.4 is 5.73 Å². The Hall–Kier alpha value is -0.860. The second-order valence-electron chi connectivity index (χ2n) is 4.54. The van der Waals surface area contributed by atoms with Gasteiger partial charge in [0.15, 0.2) is 0 Å². The first-order chi connectivity index (χ1) is 8.24. The molecule has 0 aliphatic heterocycles. The number of benzene rings is 1. The minimum absolute atomic E-state index is 0.118. The summed E-state index contributed by atoms with van der Waals surface area (Å²) in [5.41, 5.74) is 7.66. The molecule has 0 saturated heterocycles. The second-order valence-corrected chi connectivity index (χ2v) is 4.54. The van der Waals surface area contributed by atoms with E-state index in [9.17, 15) is 0 Å². The Labute approximate surface area is 106 Å². The maximum absolute atomic E-state index is 6.41. The van der Waals surface area contributed by atoms with Crippen LogP contribution in [-0.2, 0) is 0 Å². The third-order valence-electron chi connectivity index (χ3n) is 3.40. The predicted molar refractivity (Wildman–Crippen MR) is 75.0 cm³/mol. The highest BCUT2D eigenvalue weighted by Gasteiger charge is 2.22. The number of nitrogens with zero attached hydrogens (tertiary/aromatic N) is 1. The van der Waals surface area contributed by atoms with E-state index in [4.69, 9.17) is 5.73 Å². The van der Waals surface area contributed by atoms with Crippen LogP contribution in [0.1, 0.15) is 45.2 Å². The summed E-state index contributed by atoms with van der Waals surface area (Å²) in [5, 5.41) is 0. The van der Waals surface area contributed by atoms with Gasteiger partial charge in [-0.15, -0.1) is 0 Å². The maximum atomic E-state index is 6.41. The van der Waals surface area contributed by atoms with Crippen molar-refractivity contribution in [2.24, 2.45) is 5.73 Å². The molecule has 1 aromatic carbocycles. The quantitative estimate of drug-likeness (QED) is 0.785. The van der Waals surface area contributed by atoms with Crippen molar-refractivity contribution >= 4 is 0 Å². The molecule has 1 aromatic rings. The fourth-order valence-electron chi connectivity index (χ4n) is 2.48. The fourth-order valence-corrected chi connectivity index (χ4v) is 2.48. The summed E-state index contributed by atoms with van der Waals surface area (Å²) < 4.78 is 0. The van der Waals surface area contributed by atoms with Crippen LogP contribution in [0.2, 0.25) is 0 Å². The summed E-state index contributed by atoms with van der Waals surface area (Å²) in [6, 6.07) is 11.0. The van der Waals surface area contributed by atoms with Gasteiger partial charge in [0.2, 0.25) is 0 Å². The summed E-state index contributed by atoms with van der Waals surface area (Å²) in [7, 11) is 0. The molecule has 0 amide bonds. The van der Waals surface area contributed by atoms with Crippen molar-refractivity contribution in [3.8, 4) is 0 Å². The van der Waals surface area contributed by atoms with Gasteiger partial charge in [-0.25, -0.2) is 0 Å². The van der Waals surface area contributed by atoms with Crippen molar-refractivity contribution in [1.29, 1.82) is 0 Å². The van der Waals surface area contributed by atoms with Crippen LogP contribution in [0, 0.1) is 0 Å². The standard InChI is InChI=1S/C15H26N2/c1-4-12-17(6-3)14(5-2)15(16)13-10-8-7-9-11-13/h7-11,14-15H,4-6,12,16H2,1-3H3. The van der Waals surface area contributed by atoms with Crippen molar-refractivity contribution in [1.82, 2.24) is 4.90 Å². The molecule has 17 heavy (non-hydrogen) atoms. The minimum atomic E-state index is 0.118. The molecule has 2 unspecified atom stereocenters. The Morgan fingerprint density at radius 3 is 2.24 bits per heavy atom. The Morgan fingerprint density at radius 2 is 1.76 bits per heavy atom. The van der Waals surface area contributed by atoms with Crippen molar-refractivity contribution in [3.05, 3.63) is 35.9 Å². The van der Waals surface area contributed by atoms with Crippen LogP contribution >= 0.6 is 0 Å². The molecule has 0 saturated carbocycles. The number of hydrogen-bond donors (Lipinski definition) is 1. The normalized spacial score (nSPS) is 14.9. The molecular formula is C15H26N2. The highest BCUT2D eigenvalue weighted by atomic mass is 15.2. The zero-order chi connectivity index (χ0) is 12.7. The lowest BCUT2D eigenvalue weighted by Gasteiger charge is -2.34. The maximum Gasteiger partial charge on any atom is 0.0452 e. The average Bonchev–Trinajstić information content (AvgIpc) is 2.39. The van der Waals surface area contributed by atoms with Gasteiger partial charge in [-0.05, 0) is 31.5 Å². The van der Waals surface area contributed by atoms with E-state index in [-0.39, 0.29) is 6.04 Å². The summed E-state index contributed by atoms with van der Waals surface area (Å²) in [6.45, 7) is 8.88. The molecule has 2 heteroatoms. The lowest BCUT2D eigenvalue weighted by atomic mass is 9.96. The largest absolute Gasteiger partial charge is 0.323 e. The van der Waals surface area contributed by atoms with E-state index in [0.29, 0.717) is 6.04 Å². The Kier molecular flexibility index (Phi) is 6.23. The molecule has 0 fully saturated rings. The van der Waals surface area contributed by atoms with E-state index < -0.39 is 0 Å². The van der Waals surface area contributed by atoms with Crippen molar-refractivity contribution < 1.29 is 0 Å². The first-order valence-electron chi connectivity index (χ1n) is 6.79. The van der Waals surface area contributed by atoms with E-state index in [0.717, 1.165) is 19.5 Å². The number of rotatable bonds is 7. The van der Waals surface area contributed by atoms with Crippen molar-refractivity contribution in [3.63, 3.8) is 0 Å². The van der Waals surface area contributed by atoms with Crippen LogP contribution in [0.15, 0.2) is 30.3 Å². The molecule has 2 N–H and O–H groups in total. The van der Waals surface area contributed by atoms with Crippen LogP contribution in [0.5, 0.6) is 0 Å². The van der Waals surface area contributed by atoms with Crippen LogP contribution in [0.25, 0.3) is 0 Å².